The van der Waals surface area contributed by atoms with Crippen LogP contribution in [0.4, 0.5) is 0 Å². The fraction of sp³-hybridized carbons (Fsp3) is 0.0270. The summed E-state index contributed by atoms with van der Waals surface area (Å²) < 4.78 is 3.82. The maximum absolute atomic E-state index is 3.89. The number of nitrogens with zero attached hydrogens (tertiary/aromatic N) is 1. The molecule has 0 saturated carbocycles. The summed E-state index contributed by atoms with van der Waals surface area (Å²) in [5.41, 5.74) is 9.67. The monoisotopic (exact) mass is 530 g/mol. The van der Waals surface area contributed by atoms with Crippen LogP contribution in [-0.2, 0) is 0 Å². The van der Waals surface area contributed by atoms with Gasteiger partial charge in [-0.3, -0.25) is 0 Å². The maximum Gasteiger partial charge on any atom is 0.124 e. The molecule has 3 heterocycles. The zero-order valence-electron chi connectivity index (χ0n) is 21.8. The van der Waals surface area contributed by atoms with Crippen LogP contribution in [0, 0.1) is 0 Å². The van der Waals surface area contributed by atoms with Crippen LogP contribution < -0.4 is 5.32 Å². The number of para-hydroxylation sites is 1. The lowest BCUT2D eigenvalue weighted by molar-refractivity contribution is 0.591. The highest BCUT2D eigenvalue weighted by atomic mass is 32.1. The predicted molar refractivity (Wildman–Crippen MR) is 171 cm³/mol. The summed E-state index contributed by atoms with van der Waals surface area (Å²) in [7, 11) is 0. The van der Waals surface area contributed by atoms with E-state index in [0.29, 0.717) is 0 Å². The van der Waals surface area contributed by atoms with Crippen LogP contribution in [0.5, 0.6) is 0 Å². The molecule has 7 aromatic rings. The van der Waals surface area contributed by atoms with E-state index in [2.05, 4.69) is 155 Å². The smallest absolute Gasteiger partial charge is 0.124 e. The summed E-state index contributed by atoms with van der Waals surface area (Å²) in [5, 5.41) is 10.0. The Morgan fingerprint density at radius 3 is 2.05 bits per heavy atom. The molecule has 1 N–H and O–H groups in total. The van der Waals surface area contributed by atoms with E-state index < -0.39 is 0 Å². The number of rotatable bonds is 4. The highest BCUT2D eigenvalue weighted by molar-refractivity contribution is 7.18. The molecule has 0 fully saturated rings. The van der Waals surface area contributed by atoms with Gasteiger partial charge in [0.25, 0.3) is 0 Å². The molecule has 0 saturated heterocycles. The Morgan fingerprint density at radius 1 is 0.575 bits per heavy atom. The Bertz CT molecular complexity index is 2060. The minimum absolute atomic E-state index is 0.0520. The maximum atomic E-state index is 3.89. The highest BCUT2D eigenvalue weighted by Crippen LogP contribution is 2.40. The van der Waals surface area contributed by atoms with Gasteiger partial charge in [-0.2, -0.15) is 0 Å². The van der Waals surface area contributed by atoms with Gasteiger partial charge in [-0.15, -0.1) is 11.3 Å². The summed E-state index contributed by atoms with van der Waals surface area (Å²) in [6, 6.07) is 45.7. The molecule has 2 nitrogen and oxygen atoms in total. The molecule has 5 aromatic carbocycles. The first kappa shape index (κ1) is 23.1. The molecule has 2 aromatic heterocycles. The molecule has 0 bridgehead atoms. The van der Waals surface area contributed by atoms with Crippen LogP contribution in [0.25, 0.3) is 54.3 Å². The lowest BCUT2D eigenvalue weighted by atomic mass is 9.96. The van der Waals surface area contributed by atoms with Gasteiger partial charge in [0.2, 0.25) is 0 Å². The van der Waals surface area contributed by atoms with Gasteiger partial charge in [-0.05, 0) is 68.9 Å². The summed E-state index contributed by atoms with van der Waals surface area (Å²) in [6.07, 6.45) is 4.60. The Kier molecular flexibility index (Phi) is 5.42. The lowest BCUT2D eigenvalue weighted by Crippen LogP contribution is -2.26. The van der Waals surface area contributed by atoms with Crippen molar-refractivity contribution >= 4 is 54.5 Å². The van der Waals surface area contributed by atoms with Gasteiger partial charge in [0, 0.05) is 21.2 Å². The third kappa shape index (κ3) is 3.78. The van der Waals surface area contributed by atoms with Crippen molar-refractivity contribution in [2.75, 3.05) is 0 Å². The fourth-order valence-electron chi connectivity index (χ4n) is 6.01. The number of benzene rings is 5. The van der Waals surface area contributed by atoms with E-state index in [9.17, 15) is 0 Å². The molecule has 3 heteroatoms. The number of nitrogens with one attached hydrogen (secondary N) is 1. The normalized spacial score (nSPS) is 15.2. The Hall–Kier alpha value is -4.86. The molecule has 190 valence electrons. The van der Waals surface area contributed by atoms with Gasteiger partial charge in [0.1, 0.15) is 6.17 Å². The van der Waals surface area contributed by atoms with Crippen molar-refractivity contribution in [3.63, 3.8) is 0 Å². The molecule has 0 spiro atoms. The minimum atomic E-state index is -0.0520. The zero-order chi connectivity index (χ0) is 26.5. The van der Waals surface area contributed by atoms with Gasteiger partial charge < -0.3 is 9.88 Å². The quantitative estimate of drug-likeness (QED) is 0.240. The Balaban J connectivity index is 1.32. The molecule has 8 rings (SSSR count). The first-order chi connectivity index (χ1) is 19.8. The largest absolute Gasteiger partial charge is 0.361 e. The third-order valence-corrected chi connectivity index (χ3v) is 8.87. The minimum Gasteiger partial charge on any atom is -0.361 e. The molecule has 1 atom stereocenters. The molecule has 1 unspecified atom stereocenters. The molecule has 0 radical (unpaired) electrons. The van der Waals surface area contributed by atoms with Crippen molar-refractivity contribution in [2.24, 2.45) is 0 Å². The number of hydrogen-bond acceptors (Lipinski definition) is 2. The highest BCUT2D eigenvalue weighted by Gasteiger charge is 2.23. The summed E-state index contributed by atoms with van der Waals surface area (Å²) in [5.74, 6) is 0. The molecular weight excluding hydrogens is 504 g/mol. The van der Waals surface area contributed by atoms with Crippen LogP contribution in [-0.4, -0.2) is 4.57 Å². The van der Waals surface area contributed by atoms with Crippen molar-refractivity contribution in [1.29, 1.82) is 0 Å². The average molecular weight is 531 g/mol. The zero-order valence-corrected chi connectivity index (χ0v) is 22.6. The van der Waals surface area contributed by atoms with Crippen LogP contribution in [0.2, 0.25) is 0 Å². The number of allylic oxidation sites excluding steroid dienone is 2. The molecule has 1 aliphatic rings. The van der Waals surface area contributed by atoms with E-state index in [4.69, 9.17) is 0 Å². The van der Waals surface area contributed by atoms with Gasteiger partial charge in [-0.25, -0.2) is 0 Å². The van der Waals surface area contributed by atoms with Crippen molar-refractivity contribution in [2.45, 2.75) is 6.17 Å². The summed E-state index contributed by atoms with van der Waals surface area (Å²) >= 11 is 1.83. The predicted octanol–water partition coefficient (Wildman–Crippen LogP) is 9.90. The van der Waals surface area contributed by atoms with Gasteiger partial charge in [0.05, 0.1) is 11.0 Å². The van der Waals surface area contributed by atoms with Crippen molar-refractivity contribution in [3.8, 4) is 11.1 Å². The standard InChI is InChI=1S/C37H26N2S/c1-3-9-25(10-4-1)26-15-17-27(18-16-26)30-23-32(28-11-5-2-6-12-28)38-35(24-30)39-33-14-8-7-13-31(33)36-34(39)20-19-29-21-22-40-37(29)36/h1-24,35,38H. The van der Waals surface area contributed by atoms with Crippen molar-refractivity contribution in [3.05, 3.63) is 156 Å². The van der Waals surface area contributed by atoms with E-state index in [1.807, 2.05) is 11.3 Å². The molecule has 1 aliphatic heterocycles. The third-order valence-electron chi connectivity index (χ3n) is 7.92. The molecular formula is C37H26N2S. The van der Waals surface area contributed by atoms with E-state index in [1.54, 1.807) is 0 Å². The van der Waals surface area contributed by atoms with E-state index in [-0.39, 0.29) is 6.17 Å². The second-order valence-corrected chi connectivity index (χ2v) is 11.2. The lowest BCUT2D eigenvalue weighted by Gasteiger charge is -2.28. The summed E-state index contributed by atoms with van der Waals surface area (Å²) in [6.45, 7) is 0. The first-order valence-electron chi connectivity index (χ1n) is 13.6. The number of hydrogen-bond donors (Lipinski definition) is 1. The van der Waals surface area contributed by atoms with Gasteiger partial charge in [0.15, 0.2) is 0 Å². The fourth-order valence-corrected chi connectivity index (χ4v) is 6.97. The molecule has 0 amide bonds. The molecule has 0 aliphatic carbocycles. The Labute approximate surface area is 237 Å². The second-order valence-electron chi connectivity index (χ2n) is 10.3. The first-order valence-corrected chi connectivity index (χ1v) is 14.5. The SMILES string of the molecule is C1=C(c2ccc(-c3ccccc3)cc2)C=C(c2ccccc2)NC1n1c2ccccc2c2c3sccc3ccc21. The van der Waals surface area contributed by atoms with Crippen molar-refractivity contribution in [1.82, 2.24) is 9.88 Å². The summed E-state index contributed by atoms with van der Waals surface area (Å²) in [4.78, 5) is 0. The average Bonchev–Trinajstić information content (AvgIpc) is 3.64. The van der Waals surface area contributed by atoms with Crippen LogP contribution in [0.3, 0.4) is 0 Å². The van der Waals surface area contributed by atoms with Crippen LogP contribution in [0.1, 0.15) is 17.3 Å². The number of aromatic nitrogens is 1. The van der Waals surface area contributed by atoms with Crippen LogP contribution in [0.15, 0.2) is 145 Å². The second kappa shape index (κ2) is 9.41. The Morgan fingerprint density at radius 2 is 1.25 bits per heavy atom. The number of dihydropyridines is 1. The van der Waals surface area contributed by atoms with Crippen molar-refractivity contribution < 1.29 is 0 Å². The molecule has 40 heavy (non-hydrogen) atoms. The van der Waals surface area contributed by atoms with Gasteiger partial charge in [-0.1, -0.05) is 109 Å². The number of thiophene rings is 1. The van der Waals surface area contributed by atoms with E-state index >= 15 is 0 Å². The van der Waals surface area contributed by atoms with Crippen LogP contribution >= 0.6 is 11.3 Å². The van der Waals surface area contributed by atoms with E-state index in [1.165, 1.54) is 59.7 Å². The topological polar surface area (TPSA) is 17.0 Å². The van der Waals surface area contributed by atoms with Gasteiger partial charge >= 0.3 is 0 Å². The van der Waals surface area contributed by atoms with E-state index in [0.717, 1.165) is 5.70 Å². The number of fused-ring (bicyclic) bond motifs is 5.